The van der Waals surface area contributed by atoms with Crippen molar-refractivity contribution in [1.82, 2.24) is 0 Å². The molecular weight excluding hydrogens is 248 g/mol. The van der Waals surface area contributed by atoms with Gasteiger partial charge in [-0.05, 0) is 33.8 Å². The predicted octanol–water partition coefficient (Wildman–Crippen LogP) is 1.97. The van der Waals surface area contributed by atoms with Crippen LogP contribution in [0.1, 0.15) is 27.7 Å². The van der Waals surface area contributed by atoms with Gasteiger partial charge in [0.1, 0.15) is 12.2 Å². The molecule has 2 fully saturated rings. The molecule has 2 aliphatic heterocycles. The van der Waals surface area contributed by atoms with Gasteiger partial charge < -0.3 is 23.7 Å². The fraction of sp³-hybridized carbons (Fsp3) is 0.786. The summed E-state index contributed by atoms with van der Waals surface area (Å²) in [7, 11) is 0. The van der Waals surface area contributed by atoms with E-state index in [9.17, 15) is 0 Å². The molecule has 3 atom stereocenters. The van der Waals surface area contributed by atoms with E-state index in [4.69, 9.17) is 23.7 Å². The Hall–Kier alpha value is -0.680. The number of ether oxygens (including phenoxy) is 5. The summed E-state index contributed by atoms with van der Waals surface area (Å²) >= 11 is 0. The van der Waals surface area contributed by atoms with Crippen molar-refractivity contribution in [3.05, 3.63) is 18.4 Å². The Balaban J connectivity index is 2.01. The third-order valence-electron chi connectivity index (χ3n) is 2.97. The van der Waals surface area contributed by atoms with Crippen molar-refractivity contribution >= 4 is 0 Å². The van der Waals surface area contributed by atoms with E-state index in [-0.39, 0.29) is 12.2 Å². The maximum absolute atomic E-state index is 5.87. The van der Waals surface area contributed by atoms with Crippen LogP contribution >= 0.6 is 0 Å². The molecule has 0 aliphatic carbocycles. The minimum atomic E-state index is -0.691. The van der Waals surface area contributed by atoms with E-state index in [0.29, 0.717) is 13.2 Å². The van der Waals surface area contributed by atoms with E-state index >= 15 is 0 Å². The number of hydrogen-bond acceptors (Lipinski definition) is 5. The van der Waals surface area contributed by atoms with Crippen LogP contribution in [-0.2, 0) is 23.7 Å². The zero-order valence-electron chi connectivity index (χ0n) is 12.0. The van der Waals surface area contributed by atoms with Gasteiger partial charge in [0.25, 0.3) is 0 Å². The smallest absolute Gasteiger partial charge is 0.190 e. The van der Waals surface area contributed by atoms with E-state index in [0.717, 1.165) is 0 Å². The maximum Gasteiger partial charge on any atom is 0.190 e. The topological polar surface area (TPSA) is 46.2 Å². The Morgan fingerprint density at radius 2 is 1.95 bits per heavy atom. The Labute approximate surface area is 114 Å². The molecular formula is C14H22O5. The summed E-state index contributed by atoms with van der Waals surface area (Å²) in [6.07, 6.45) is 0.702. The zero-order valence-corrected chi connectivity index (χ0v) is 12.0. The van der Waals surface area contributed by atoms with Crippen molar-refractivity contribution in [2.24, 2.45) is 0 Å². The van der Waals surface area contributed by atoms with Crippen molar-refractivity contribution in [2.45, 2.75) is 57.8 Å². The Bertz CT molecular complexity index is 370. The van der Waals surface area contributed by atoms with Gasteiger partial charge in [-0.2, -0.15) is 0 Å². The number of rotatable bonds is 4. The third kappa shape index (κ3) is 3.66. The summed E-state index contributed by atoms with van der Waals surface area (Å²) in [4.78, 5) is 0. The molecule has 19 heavy (non-hydrogen) atoms. The van der Waals surface area contributed by atoms with E-state index in [1.165, 1.54) is 0 Å². The lowest BCUT2D eigenvalue weighted by atomic mass is 10.2. The van der Waals surface area contributed by atoms with Crippen LogP contribution in [0.15, 0.2) is 18.4 Å². The van der Waals surface area contributed by atoms with Crippen LogP contribution in [0.2, 0.25) is 0 Å². The fourth-order valence-electron chi connectivity index (χ4n) is 2.22. The van der Waals surface area contributed by atoms with Gasteiger partial charge in [0.05, 0.1) is 13.2 Å². The lowest BCUT2D eigenvalue weighted by molar-refractivity contribution is -0.187. The highest BCUT2D eigenvalue weighted by Crippen LogP contribution is 2.35. The second-order valence-electron chi connectivity index (χ2n) is 5.58. The molecule has 0 amide bonds. The van der Waals surface area contributed by atoms with Gasteiger partial charge in [0, 0.05) is 0 Å². The third-order valence-corrected chi connectivity index (χ3v) is 2.97. The molecule has 2 unspecified atom stereocenters. The van der Waals surface area contributed by atoms with Crippen LogP contribution < -0.4 is 0 Å². The van der Waals surface area contributed by atoms with E-state index in [1.807, 2.05) is 27.7 Å². The first kappa shape index (κ1) is 14.7. The van der Waals surface area contributed by atoms with Crippen LogP contribution in [0, 0.1) is 0 Å². The van der Waals surface area contributed by atoms with Crippen LogP contribution in [-0.4, -0.2) is 43.3 Å². The normalized spacial score (nSPS) is 36.1. The summed E-state index contributed by atoms with van der Waals surface area (Å²) < 4.78 is 28.6. The largest absolute Gasteiger partial charge is 0.348 e. The lowest BCUT2D eigenvalue weighted by Crippen LogP contribution is -2.39. The summed E-state index contributed by atoms with van der Waals surface area (Å²) in [5.74, 6) is -1.28. The summed E-state index contributed by atoms with van der Waals surface area (Å²) in [5, 5.41) is 0. The molecule has 2 rings (SSSR count). The molecule has 2 aliphatic rings. The van der Waals surface area contributed by atoms with Gasteiger partial charge in [-0.1, -0.05) is 6.58 Å². The Morgan fingerprint density at radius 1 is 1.21 bits per heavy atom. The van der Waals surface area contributed by atoms with Gasteiger partial charge in [-0.3, -0.25) is 0 Å². The molecule has 5 nitrogen and oxygen atoms in total. The first-order valence-electron chi connectivity index (χ1n) is 6.46. The molecule has 0 aromatic rings. The highest BCUT2D eigenvalue weighted by atomic mass is 16.8. The minimum absolute atomic E-state index is 0.200. The van der Waals surface area contributed by atoms with Crippen molar-refractivity contribution < 1.29 is 23.7 Å². The average molecular weight is 270 g/mol. The first-order valence-corrected chi connectivity index (χ1v) is 6.46. The van der Waals surface area contributed by atoms with Crippen LogP contribution in [0.5, 0.6) is 0 Å². The molecule has 0 radical (unpaired) electrons. The van der Waals surface area contributed by atoms with Crippen LogP contribution in [0.4, 0.5) is 0 Å². The van der Waals surface area contributed by atoms with Gasteiger partial charge in [0.15, 0.2) is 17.9 Å². The van der Waals surface area contributed by atoms with Crippen molar-refractivity contribution in [3.8, 4) is 0 Å². The first-order chi connectivity index (χ1) is 8.83. The van der Waals surface area contributed by atoms with Crippen LogP contribution in [0.25, 0.3) is 0 Å². The van der Waals surface area contributed by atoms with Gasteiger partial charge >= 0.3 is 0 Å². The van der Waals surface area contributed by atoms with Crippen molar-refractivity contribution in [3.63, 3.8) is 0 Å². The Kier molecular flexibility index (Phi) is 4.16. The van der Waals surface area contributed by atoms with E-state index in [2.05, 4.69) is 12.3 Å². The maximum atomic E-state index is 5.87. The molecule has 0 saturated carbocycles. The highest BCUT2D eigenvalue weighted by Gasteiger charge is 2.50. The highest BCUT2D eigenvalue weighted by molar-refractivity contribution is 4.87. The van der Waals surface area contributed by atoms with Gasteiger partial charge in [-0.25, -0.2) is 0 Å². The molecule has 0 spiro atoms. The molecule has 5 heteroatoms. The van der Waals surface area contributed by atoms with Crippen LogP contribution in [0.3, 0.4) is 0 Å². The second kappa shape index (κ2) is 5.37. The fourth-order valence-corrected chi connectivity index (χ4v) is 2.22. The molecule has 0 aromatic heterocycles. The summed E-state index contributed by atoms with van der Waals surface area (Å²) in [5.41, 5.74) is 2.66. The summed E-state index contributed by atoms with van der Waals surface area (Å²) in [6.45, 7) is 11.8. The summed E-state index contributed by atoms with van der Waals surface area (Å²) in [6, 6.07) is 0. The molecule has 108 valence electrons. The van der Waals surface area contributed by atoms with Gasteiger partial charge in [0.2, 0.25) is 0 Å². The molecule has 0 N–H and O–H groups in total. The lowest BCUT2D eigenvalue weighted by Gasteiger charge is -2.23. The molecule has 0 aromatic carbocycles. The molecule has 2 saturated heterocycles. The average Bonchev–Trinajstić information content (AvgIpc) is 2.79. The van der Waals surface area contributed by atoms with E-state index < -0.39 is 17.9 Å². The van der Waals surface area contributed by atoms with Crippen molar-refractivity contribution in [1.29, 1.82) is 0 Å². The SMILES string of the molecule is C=C=CCOC1OC(C)(C)OC1[C@H]1COC(C)(C)O1. The predicted molar refractivity (Wildman–Crippen MR) is 68.4 cm³/mol. The Morgan fingerprint density at radius 3 is 2.53 bits per heavy atom. The van der Waals surface area contributed by atoms with Crippen molar-refractivity contribution in [2.75, 3.05) is 13.2 Å². The second-order valence-corrected chi connectivity index (χ2v) is 5.58. The minimum Gasteiger partial charge on any atom is -0.348 e. The number of hydrogen-bond donors (Lipinski definition) is 0. The molecule has 2 heterocycles. The zero-order chi connectivity index (χ0) is 14.1. The van der Waals surface area contributed by atoms with E-state index in [1.54, 1.807) is 6.08 Å². The quantitative estimate of drug-likeness (QED) is 0.731. The van der Waals surface area contributed by atoms with Gasteiger partial charge in [-0.15, -0.1) is 5.73 Å². The molecule has 0 bridgehead atoms. The standard InChI is InChI=1S/C14H22O5/c1-6-7-8-15-12-11(18-14(4,5)19-12)10-9-16-13(2,3)17-10/h7,10-12H,1,8-9H2,2-5H3/t10-,11?,12?/m1/s1. The monoisotopic (exact) mass is 270 g/mol.